The molecule has 0 bridgehead atoms. The van der Waals surface area contributed by atoms with Crippen molar-refractivity contribution in [2.24, 2.45) is 0 Å². The number of aryl methyl sites for hydroxylation is 1. The van der Waals surface area contributed by atoms with E-state index in [-0.39, 0.29) is 22.1 Å². The van der Waals surface area contributed by atoms with Gasteiger partial charge in [-0.25, -0.2) is 9.37 Å². The van der Waals surface area contributed by atoms with E-state index >= 15 is 0 Å². The Kier molecular flexibility index (Phi) is 5.31. The summed E-state index contributed by atoms with van der Waals surface area (Å²) in [5.41, 5.74) is -0.886. The molecule has 0 saturated carbocycles. The highest BCUT2D eigenvalue weighted by Gasteiger charge is 2.35. The first-order valence-electron chi connectivity index (χ1n) is 9.52. The fourth-order valence-corrected chi connectivity index (χ4v) is 4.90. The molecule has 0 radical (unpaired) electrons. The minimum Gasteiger partial charge on any atom is -0.320 e. The lowest BCUT2D eigenvalue weighted by Gasteiger charge is -2.27. The number of anilines is 1. The van der Waals surface area contributed by atoms with Gasteiger partial charge in [-0.1, -0.05) is 0 Å². The van der Waals surface area contributed by atoms with Gasteiger partial charge in [-0.05, 0) is 51.3 Å². The number of nitrogens with zero attached hydrogens (tertiary/aromatic N) is 2. The van der Waals surface area contributed by atoms with Crippen LogP contribution in [-0.2, 0) is 6.18 Å². The number of alkyl halides is 3. The molecule has 2 atom stereocenters. The molecule has 1 aliphatic heterocycles. The number of fused-ring (bicyclic) bond motifs is 1. The van der Waals surface area contributed by atoms with Crippen LogP contribution in [0.3, 0.4) is 0 Å². The zero-order valence-electron chi connectivity index (χ0n) is 16.3. The summed E-state index contributed by atoms with van der Waals surface area (Å²) >= 11 is 1.06. The van der Waals surface area contributed by atoms with Gasteiger partial charge in [0, 0.05) is 23.3 Å². The van der Waals surface area contributed by atoms with Crippen molar-refractivity contribution in [2.45, 2.75) is 44.8 Å². The SMILES string of the molecule is Cc1cn2cc(NC(=O)c3sc([C@@H]4CCN[C@@H](C)C4)cc3F)cc(C(F)(F)F)c2n1. The molecule has 3 aromatic rings. The van der Waals surface area contributed by atoms with E-state index in [9.17, 15) is 22.4 Å². The van der Waals surface area contributed by atoms with E-state index in [1.807, 2.05) is 0 Å². The highest BCUT2D eigenvalue weighted by Crippen LogP contribution is 2.36. The first-order valence-corrected chi connectivity index (χ1v) is 10.3. The summed E-state index contributed by atoms with van der Waals surface area (Å²) in [4.78, 5) is 17.2. The molecule has 1 saturated heterocycles. The lowest BCUT2D eigenvalue weighted by Crippen LogP contribution is -2.34. The maximum absolute atomic E-state index is 14.5. The Hall–Kier alpha value is -2.46. The summed E-state index contributed by atoms with van der Waals surface area (Å²) < 4.78 is 56.0. The monoisotopic (exact) mass is 440 g/mol. The quantitative estimate of drug-likeness (QED) is 0.566. The molecular formula is C20H20F4N4OS. The molecule has 1 amide bonds. The van der Waals surface area contributed by atoms with E-state index in [2.05, 4.69) is 22.5 Å². The third kappa shape index (κ3) is 4.06. The Balaban J connectivity index is 1.62. The van der Waals surface area contributed by atoms with Crippen LogP contribution in [0.25, 0.3) is 5.65 Å². The van der Waals surface area contributed by atoms with Crippen LogP contribution in [0.4, 0.5) is 23.2 Å². The zero-order valence-corrected chi connectivity index (χ0v) is 17.1. The van der Waals surface area contributed by atoms with E-state index in [1.165, 1.54) is 22.9 Å². The molecule has 0 spiro atoms. The number of aromatic nitrogens is 2. The van der Waals surface area contributed by atoms with Gasteiger partial charge in [0.25, 0.3) is 5.91 Å². The number of nitrogens with one attached hydrogen (secondary N) is 2. The number of amides is 1. The Labute approximate surface area is 174 Å². The van der Waals surface area contributed by atoms with Crippen LogP contribution in [0.2, 0.25) is 0 Å². The predicted molar refractivity (Wildman–Crippen MR) is 107 cm³/mol. The van der Waals surface area contributed by atoms with E-state index < -0.39 is 23.5 Å². The van der Waals surface area contributed by atoms with Gasteiger partial charge in [-0.2, -0.15) is 13.2 Å². The topological polar surface area (TPSA) is 58.4 Å². The number of thiophene rings is 1. The number of piperidine rings is 1. The van der Waals surface area contributed by atoms with Crippen LogP contribution in [0.15, 0.2) is 24.5 Å². The first-order chi connectivity index (χ1) is 14.1. The molecule has 1 fully saturated rings. The fourth-order valence-electron chi connectivity index (χ4n) is 3.82. The highest BCUT2D eigenvalue weighted by atomic mass is 32.1. The molecule has 160 valence electrons. The summed E-state index contributed by atoms with van der Waals surface area (Å²) in [5.74, 6) is -1.27. The van der Waals surface area contributed by atoms with Crippen molar-refractivity contribution < 1.29 is 22.4 Å². The third-order valence-corrected chi connectivity index (χ3v) is 6.44. The van der Waals surface area contributed by atoms with Crippen molar-refractivity contribution in [3.05, 3.63) is 51.4 Å². The summed E-state index contributed by atoms with van der Waals surface area (Å²) in [7, 11) is 0. The van der Waals surface area contributed by atoms with E-state index in [0.29, 0.717) is 11.7 Å². The minimum atomic E-state index is -4.65. The lowest BCUT2D eigenvalue weighted by atomic mass is 9.92. The summed E-state index contributed by atoms with van der Waals surface area (Å²) in [6, 6.07) is 2.49. The molecule has 2 N–H and O–H groups in total. The van der Waals surface area contributed by atoms with Crippen LogP contribution in [0, 0.1) is 12.7 Å². The molecular weight excluding hydrogens is 420 g/mol. The number of carbonyl (C=O) groups is 1. The summed E-state index contributed by atoms with van der Waals surface area (Å²) in [6.07, 6.45) is -0.192. The Morgan fingerprint density at radius 3 is 2.80 bits per heavy atom. The maximum atomic E-state index is 14.5. The van der Waals surface area contributed by atoms with Gasteiger partial charge in [0.15, 0.2) is 0 Å². The number of rotatable bonds is 3. The van der Waals surface area contributed by atoms with Crippen molar-refractivity contribution in [2.75, 3.05) is 11.9 Å². The van der Waals surface area contributed by atoms with E-state index in [4.69, 9.17) is 0 Å². The van der Waals surface area contributed by atoms with E-state index in [1.54, 1.807) is 6.92 Å². The number of hydrogen-bond donors (Lipinski definition) is 2. The Morgan fingerprint density at radius 1 is 1.33 bits per heavy atom. The van der Waals surface area contributed by atoms with Crippen LogP contribution >= 0.6 is 11.3 Å². The fraction of sp³-hybridized carbons (Fsp3) is 0.400. The summed E-state index contributed by atoms with van der Waals surface area (Å²) in [6.45, 7) is 4.45. The minimum absolute atomic E-state index is 0.0814. The van der Waals surface area contributed by atoms with Gasteiger partial charge in [0.2, 0.25) is 0 Å². The average molecular weight is 440 g/mol. The second-order valence-electron chi connectivity index (χ2n) is 7.61. The van der Waals surface area contributed by atoms with Crippen LogP contribution in [0.5, 0.6) is 0 Å². The van der Waals surface area contributed by atoms with Crippen LogP contribution in [-0.4, -0.2) is 27.9 Å². The first kappa shape index (κ1) is 20.8. The van der Waals surface area contributed by atoms with Crippen LogP contribution in [0.1, 0.15) is 51.5 Å². The van der Waals surface area contributed by atoms with Gasteiger partial charge in [-0.15, -0.1) is 11.3 Å². The van der Waals surface area contributed by atoms with Crippen molar-refractivity contribution in [1.29, 1.82) is 0 Å². The van der Waals surface area contributed by atoms with Crippen molar-refractivity contribution >= 4 is 28.6 Å². The van der Waals surface area contributed by atoms with Crippen molar-refractivity contribution in [1.82, 2.24) is 14.7 Å². The maximum Gasteiger partial charge on any atom is 0.420 e. The molecule has 0 aliphatic carbocycles. The number of imidazole rings is 1. The largest absolute Gasteiger partial charge is 0.420 e. The third-order valence-electron chi connectivity index (χ3n) is 5.17. The van der Waals surface area contributed by atoms with Crippen molar-refractivity contribution in [3.63, 3.8) is 0 Å². The molecule has 5 nitrogen and oxygen atoms in total. The molecule has 0 unspecified atom stereocenters. The van der Waals surface area contributed by atoms with Gasteiger partial charge in [0.05, 0.1) is 11.4 Å². The van der Waals surface area contributed by atoms with Gasteiger partial charge < -0.3 is 15.0 Å². The molecule has 30 heavy (non-hydrogen) atoms. The molecule has 4 heterocycles. The summed E-state index contributed by atoms with van der Waals surface area (Å²) in [5, 5.41) is 5.73. The number of halogens is 4. The number of pyridine rings is 1. The Bertz CT molecular complexity index is 1100. The number of carbonyl (C=O) groups excluding carboxylic acids is 1. The molecule has 10 heteroatoms. The predicted octanol–water partition coefficient (Wildman–Crippen LogP) is 4.97. The van der Waals surface area contributed by atoms with Gasteiger partial charge >= 0.3 is 6.18 Å². The highest BCUT2D eigenvalue weighted by molar-refractivity contribution is 7.14. The molecule has 0 aromatic carbocycles. The van der Waals surface area contributed by atoms with Crippen molar-refractivity contribution in [3.8, 4) is 0 Å². The molecule has 4 rings (SSSR count). The second-order valence-corrected chi connectivity index (χ2v) is 8.69. The normalized spacial score (nSPS) is 19.9. The smallest absolute Gasteiger partial charge is 0.320 e. The Morgan fingerprint density at radius 2 is 2.10 bits per heavy atom. The van der Waals surface area contributed by atoms with E-state index in [0.717, 1.165) is 41.7 Å². The molecule has 3 aromatic heterocycles. The number of hydrogen-bond acceptors (Lipinski definition) is 4. The second kappa shape index (κ2) is 7.66. The lowest BCUT2D eigenvalue weighted by molar-refractivity contribution is -0.136. The molecule has 1 aliphatic rings. The standard InChI is InChI=1S/C20H20F4N4OS/c1-10-5-12(3-4-25-10)16-7-15(21)17(30-16)19(29)27-13-6-14(20(22,23)24)18-26-11(2)8-28(18)9-13/h6-10,12,25H,3-5H2,1-2H3,(H,27,29)/t10-,12+/m0/s1. The van der Waals surface area contributed by atoms with Gasteiger partial charge in [-0.3, -0.25) is 4.79 Å². The van der Waals surface area contributed by atoms with Crippen LogP contribution < -0.4 is 10.6 Å². The van der Waals surface area contributed by atoms with Gasteiger partial charge in [0.1, 0.15) is 21.9 Å². The average Bonchev–Trinajstić information content (AvgIpc) is 3.22. The zero-order chi connectivity index (χ0) is 21.6.